The van der Waals surface area contributed by atoms with Crippen molar-refractivity contribution in [3.63, 3.8) is 0 Å². The molecular weight excluding hydrogens is 314 g/mol. The fourth-order valence-electron chi connectivity index (χ4n) is 2.17. The number of nitrogens with one attached hydrogen (secondary N) is 1. The zero-order valence-corrected chi connectivity index (χ0v) is 14.0. The predicted octanol–water partition coefficient (Wildman–Crippen LogP) is 4.75. The maximum absolute atomic E-state index is 11.1. The molecule has 0 unspecified atom stereocenters. The molecule has 0 radical (unpaired) electrons. The first-order valence-electron chi connectivity index (χ1n) is 7.50. The van der Waals surface area contributed by atoms with Crippen molar-refractivity contribution >= 4 is 23.3 Å². The maximum atomic E-state index is 11.1. The van der Waals surface area contributed by atoms with E-state index in [-0.39, 0.29) is 5.56 Å². The van der Waals surface area contributed by atoms with Crippen molar-refractivity contribution in [2.45, 2.75) is 26.8 Å². The van der Waals surface area contributed by atoms with Gasteiger partial charge in [-0.3, -0.25) is 0 Å². The number of hydrogen-bond donors (Lipinski definition) is 2. The SMILES string of the molecule is CCCOc1ccc(Cl)cc1CNc1cc(C(=O)O)ccc1C. The minimum Gasteiger partial charge on any atom is -0.493 e. The van der Waals surface area contributed by atoms with E-state index in [2.05, 4.69) is 12.2 Å². The Morgan fingerprint density at radius 2 is 2.04 bits per heavy atom. The molecule has 2 rings (SSSR count). The lowest BCUT2D eigenvalue weighted by Gasteiger charge is -2.14. The summed E-state index contributed by atoms with van der Waals surface area (Å²) < 4.78 is 5.73. The quantitative estimate of drug-likeness (QED) is 0.767. The zero-order valence-electron chi connectivity index (χ0n) is 13.2. The second kappa shape index (κ2) is 7.88. The minimum absolute atomic E-state index is 0.256. The average molecular weight is 334 g/mol. The van der Waals surface area contributed by atoms with Gasteiger partial charge in [-0.1, -0.05) is 24.6 Å². The van der Waals surface area contributed by atoms with Gasteiger partial charge in [0.2, 0.25) is 0 Å². The number of carboxylic acid groups (broad SMARTS) is 1. The summed E-state index contributed by atoms with van der Waals surface area (Å²) in [5.74, 6) is -0.154. The molecule has 0 spiro atoms. The number of ether oxygens (including phenoxy) is 1. The number of carboxylic acids is 1. The van der Waals surface area contributed by atoms with Crippen LogP contribution in [0.1, 0.15) is 34.8 Å². The number of anilines is 1. The molecule has 2 aromatic carbocycles. The Labute approximate surface area is 141 Å². The lowest BCUT2D eigenvalue weighted by atomic mass is 10.1. The highest BCUT2D eigenvalue weighted by Crippen LogP contribution is 2.25. The number of aromatic carboxylic acids is 1. The fraction of sp³-hybridized carbons (Fsp3) is 0.278. The Bertz CT molecular complexity index is 701. The van der Waals surface area contributed by atoms with E-state index in [1.807, 2.05) is 19.1 Å². The molecule has 0 aliphatic rings. The van der Waals surface area contributed by atoms with Crippen LogP contribution in [-0.4, -0.2) is 17.7 Å². The molecule has 23 heavy (non-hydrogen) atoms. The lowest BCUT2D eigenvalue weighted by molar-refractivity contribution is 0.0697. The van der Waals surface area contributed by atoms with Gasteiger partial charge < -0.3 is 15.2 Å². The summed E-state index contributed by atoms with van der Waals surface area (Å²) in [4.78, 5) is 11.1. The van der Waals surface area contributed by atoms with E-state index in [1.165, 1.54) is 0 Å². The molecule has 0 saturated heterocycles. The van der Waals surface area contributed by atoms with Crippen LogP contribution in [0.3, 0.4) is 0 Å². The van der Waals surface area contributed by atoms with E-state index < -0.39 is 5.97 Å². The zero-order chi connectivity index (χ0) is 16.8. The monoisotopic (exact) mass is 333 g/mol. The summed E-state index contributed by atoms with van der Waals surface area (Å²) in [7, 11) is 0. The summed E-state index contributed by atoms with van der Waals surface area (Å²) in [5.41, 5.74) is 2.96. The van der Waals surface area contributed by atoms with Crippen LogP contribution in [0.2, 0.25) is 5.02 Å². The van der Waals surface area contributed by atoms with Gasteiger partial charge in [-0.2, -0.15) is 0 Å². The second-order valence-corrected chi connectivity index (χ2v) is 5.73. The van der Waals surface area contributed by atoms with Crippen LogP contribution < -0.4 is 10.1 Å². The normalized spacial score (nSPS) is 10.4. The van der Waals surface area contributed by atoms with Gasteiger partial charge in [0.1, 0.15) is 5.75 Å². The second-order valence-electron chi connectivity index (χ2n) is 5.29. The van der Waals surface area contributed by atoms with Crippen molar-refractivity contribution in [2.24, 2.45) is 0 Å². The van der Waals surface area contributed by atoms with E-state index in [1.54, 1.807) is 24.3 Å². The first-order chi connectivity index (χ1) is 11.0. The van der Waals surface area contributed by atoms with Crippen LogP contribution in [0, 0.1) is 6.92 Å². The van der Waals surface area contributed by atoms with Crippen LogP contribution in [-0.2, 0) is 6.54 Å². The van der Waals surface area contributed by atoms with Crippen molar-refractivity contribution in [1.29, 1.82) is 0 Å². The maximum Gasteiger partial charge on any atom is 0.335 e. The van der Waals surface area contributed by atoms with Crippen LogP contribution in [0.25, 0.3) is 0 Å². The van der Waals surface area contributed by atoms with Crippen LogP contribution in [0.5, 0.6) is 5.75 Å². The standard InChI is InChI=1S/C18H20ClNO3/c1-3-8-23-17-7-6-15(19)9-14(17)11-20-16-10-13(18(21)22)5-4-12(16)2/h4-7,9-10,20H,3,8,11H2,1-2H3,(H,21,22). The van der Waals surface area contributed by atoms with Crippen molar-refractivity contribution in [3.8, 4) is 5.75 Å². The first kappa shape index (κ1) is 17.2. The molecule has 122 valence electrons. The number of rotatable bonds is 7. The fourth-order valence-corrected chi connectivity index (χ4v) is 2.37. The number of aryl methyl sites for hydroxylation is 1. The highest BCUT2D eigenvalue weighted by Gasteiger charge is 2.08. The summed E-state index contributed by atoms with van der Waals surface area (Å²) in [6.07, 6.45) is 0.926. The Kier molecular flexibility index (Phi) is 5.88. The summed E-state index contributed by atoms with van der Waals surface area (Å²) >= 11 is 6.07. The van der Waals surface area contributed by atoms with E-state index in [9.17, 15) is 4.79 Å². The summed E-state index contributed by atoms with van der Waals surface area (Å²) in [6.45, 7) is 5.13. The molecule has 0 heterocycles. The first-order valence-corrected chi connectivity index (χ1v) is 7.88. The molecule has 0 saturated carbocycles. The summed E-state index contributed by atoms with van der Waals surface area (Å²) in [6, 6.07) is 10.5. The number of benzene rings is 2. The third kappa shape index (κ3) is 4.63. The van der Waals surface area contributed by atoms with Crippen molar-refractivity contribution in [2.75, 3.05) is 11.9 Å². The molecule has 0 amide bonds. The van der Waals surface area contributed by atoms with Gasteiger partial charge in [0.05, 0.1) is 12.2 Å². The van der Waals surface area contributed by atoms with Gasteiger partial charge in [-0.25, -0.2) is 4.79 Å². The van der Waals surface area contributed by atoms with E-state index in [4.69, 9.17) is 21.4 Å². The lowest BCUT2D eigenvalue weighted by Crippen LogP contribution is -2.06. The largest absolute Gasteiger partial charge is 0.493 e. The molecule has 2 aromatic rings. The predicted molar refractivity (Wildman–Crippen MR) is 92.7 cm³/mol. The molecule has 0 aliphatic heterocycles. The van der Waals surface area contributed by atoms with E-state index >= 15 is 0 Å². The van der Waals surface area contributed by atoms with Crippen LogP contribution in [0.4, 0.5) is 5.69 Å². The van der Waals surface area contributed by atoms with E-state index in [0.29, 0.717) is 18.2 Å². The minimum atomic E-state index is -0.942. The third-order valence-corrected chi connectivity index (χ3v) is 3.67. The van der Waals surface area contributed by atoms with Gasteiger partial charge in [-0.05, 0) is 49.2 Å². The Morgan fingerprint density at radius 3 is 2.74 bits per heavy atom. The number of hydrogen-bond acceptors (Lipinski definition) is 3. The Morgan fingerprint density at radius 1 is 1.26 bits per heavy atom. The van der Waals surface area contributed by atoms with Gasteiger partial charge in [0, 0.05) is 22.8 Å². The van der Waals surface area contributed by atoms with Crippen LogP contribution >= 0.6 is 11.6 Å². The molecule has 4 nitrogen and oxygen atoms in total. The average Bonchev–Trinajstić information content (AvgIpc) is 2.53. The molecule has 0 aromatic heterocycles. The molecule has 0 aliphatic carbocycles. The smallest absolute Gasteiger partial charge is 0.335 e. The molecule has 0 fully saturated rings. The van der Waals surface area contributed by atoms with Gasteiger partial charge in [-0.15, -0.1) is 0 Å². The summed E-state index contributed by atoms with van der Waals surface area (Å²) in [5, 5.41) is 13.0. The highest BCUT2D eigenvalue weighted by molar-refractivity contribution is 6.30. The topological polar surface area (TPSA) is 58.6 Å². The van der Waals surface area contributed by atoms with Gasteiger partial charge >= 0.3 is 5.97 Å². The number of carbonyl (C=O) groups is 1. The van der Waals surface area contributed by atoms with Gasteiger partial charge in [0.25, 0.3) is 0 Å². The highest BCUT2D eigenvalue weighted by atomic mass is 35.5. The molecule has 0 atom stereocenters. The van der Waals surface area contributed by atoms with Crippen molar-refractivity contribution < 1.29 is 14.6 Å². The third-order valence-electron chi connectivity index (χ3n) is 3.44. The molecule has 5 heteroatoms. The van der Waals surface area contributed by atoms with Crippen molar-refractivity contribution in [1.82, 2.24) is 0 Å². The van der Waals surface area contributed by atoms with Crippen molar-refractivity contribution in [3.05, 3.63) is 58.1 Å². The van der Waals surface area contributed by atoms with E-state index in [0.717, 1.165) is 29.0 Å². The van der Waals surface area contributed by atoms with Crippen LogP contribution in [0.15, 0.2) is 36.4 Å². The molecule has 2 N–H and O–H groups in total. The Hall–Kier alpha value is -2.20. The number of halogens is 1. The Balaban J connectivity index is 2.18. The molecular formula is C18H20ClNO3. The van der Waals surface area contributed by atoms with Gasteiger partial charge in [0.15, 0.2) is 0 Å². The molecule has 0 bridgehead atoms.